The molecule has 0 spiro atoms. The number of rotatable bonds is 0. The van der Waals surface area contributed by atoms with Crippen molar-refractivity contribution in [3.63, 3.8) is 0 Å². The minimum Gasteiger partial charge on any atom is -0.287 e. The highest BCUT2D eigenvalue weighted by atomic mass is 32.2. The minimum absolute atomic E-state index is 0.636. The van der Waals surface area contributed by atoms with Crippen molar-refractivity contribution < 1.29 is 0 Å². The van der Waals surface area contributed by atoms with Gasteiger partial charge in [-0.2, -0.15) is 0 Å². The van der Waals surface area contributed by atoms with Crippen molar-refractivity contribution in [2.75, 3.05) is 6.54 Å². The summed E-state index contributed by atoms with van der Waals surface area (Å²) < 4.78 is 4.99. The van der Waals surface area contributed by atoms with Gasteiger partial charge in [-0.15, -0.1) is 11.3 Å². The van der Waals surface area contributed by atoms with Crippen LogP contribution in [0.3, 0.4) is 0 Å². The second-order valence-electron chi connectivity index (χ2n) is 8.43. The summed E-state index contributed by atoms with van der Waals surface area (Å²) in [6, 6.07) is 26.4. The van der Waals surface area contributed by atoms with Crippen LogP contribution in [0.4, 0.5) is 0 Å². The van der Waals surface area contributed by atoms with Crippen LogP contribution in [0.5, 0.6) is 0 Å². The number of fused-ring (bicyclic) bond motifs is 9. The fourth-order valence-electron chi connectivity index (χ4n) is 4.98. The van der Waals surface area contributed by atoms with Crippen molar-refractivity contribution in [2.45, 2.75) is 0 Å². The lowest BCUT2D eigenvalue weighted by atomic mass is 10.0. The van der Waals surface area contributed by atoms with E-state index < -0.39 is 0 Å². The fraction of sp³-hybridized carbons (Fsp3) is 0.0333. The zero-order chi connectivity index (χ0) is 22.6. The van der Waals surface area contributed by atoms with Crippen molar-refractivity contribution in [1.82, 2.24) is 4.57 Å². The number of benzene rings is 4. The molecule has 0 fully saturated rings. The Kier molecular flexibility index (Phi) is 4.51. The third-order valence-corrected chi connectivity index (χ3v) is 8.52. The first kappa shape index (κ1) is 19.8. The highest BCUT2D eigenvalue weighted by Gasteiger charge is 2.21. The van der Waals surface area contributed by atoms with Crippen LogP contribution in [0.15, 0.2) is 114 Å². The van der Waals surface area contributed by atoms with E-state index in [1.54, 1.807) is 11.8 Å². The number of hydrogen-bond donors (Lipinski definition) is 0. The number of thioether (sulfide) groups is 1. The highest BCUT2D eigenvalue weighted by Crippen LogP contribution is 2.44. The first-order valence-corrected chi connectivity index (χ1v) is 12.9. The number of aliphatic imine (C=N–C) groups is 1. The van der Waals surface area contributed by atoms with Gasteiger partial charge in [0.15, 0.2) is 5.17 Å². The van der Waals surface area contributed by atoms with Crippen molar-refractivity contribution >= 4 is 81.0 Å². The molecule has 6 aromatic rings. The van der Waals surface area contributed by atoms with Crippen molar-refractivity contribution in [3.05, 3.63) is 109 Å². The Morgan fingerprint density at radius 3 is 2.56 bits per heavy atom. The van der Waals surface area contributed by atoms with Gasteiger partial charge in [0.05, 0.1) is 22.3 Å². The van der Waals surface area contributed by atoms with Gasteiger partial charge in [0.1, 0.15) is 0 Å². The Bertz CT molecular complexity index is 1880. The number of nitrogens with zero attached hydrogens (tertiary/aromatic N) is 2. The zero-order valence-corrected chi connectivity index (χ0v) is 20.0. The van der Waals surface area contributed by atoms with Crippen LogP contribution < -0.4 is 0 Å². The third-order valence-electron chi connectivity index (χ3n) is 6.44. The summed E-state index contributed by atoms with van der Waals surface area (Å²) in [4.78, 5) is 6.01. The van der Waals surface area contributed by atoms with Crippen molar-refractivity contribution in [1.29, 1.82) is 0 Å². The Balaban J connectivity index is 1.70. The molecule has 0 radical (unpaired) electrons. The lowest BCUT2D eigenvalue weighted by molar-refractivity contribution is 1.20. The fourth-order valence-corrected chi connectivity index (χ4v) is 7.02. The Morgan fingerprint density at radius 1 is 0.794 bits per heavy atom. The Hall–Kier alpha value is -3.60. The van der Waals surface area contributed by atoms with Crippen LogP contribution in [0, 0.1) is 0 Å². The predicted octanol–water partition coefficient (Wildman–Crippen LogP) is 8.89. The molecule has 0 N–H and O–H groups in total. The van der Waals surface area contributed by atoms with Gasteiger partial charge in [0.2, 0.25) is 0 Å². The summed E-state index contributed by atoms with van der Waals surface area (Å²) in [5, 5.41) is 8.65. The Labute approximate surface area is 205 Å². The molecule has 7 rings (SSSR count). The smallest absolute Gasteiger partial charge is 0.173 e. The average Bonchev–Trinajstić information content (AvgIpc) is 3.43. The number of aromatic nitrogens is 1. The summed E-state index contributed by atoms with van der Waals surface area (Å²) in [5.74, 6) is 0. The molecule has 0 amide bonds. The van der Waals surface area contributed by atoms with Gasteiger partial charge in [0, 0.05) is 31.1 Å². The topological polar surface area (TPSA) is 17.3 Å². The summed E-state index contributed by atoms with van der Waals surface area (Å²) in [5.41, 5.74) is 2.42. The maximum absolute atomic E-state index is 5.04. The van der Waals surface area contributed by atoms with Gasteiger partial charge in [0.25, 0.3) is 0 Å². The van der Waals surface area contributed by atoms with Gasteiger partial charge in [-0.1, -0.05) is 97.2 Å². The van der Waals surface area contributed by atoms with Crippen LogP contribution in [-0.4, -0.2) is 16.3 Å². The van der Waals surface area contributed by atoms with E-state index in [4.69, 9.17) is 4.99 Å². The number of thiophene rings is 1. The molecule has 162 valence electrons. The molecule has 0 saturated heterocycles. The Morgan fingerprint density at radius 2 is 1.62 bits per heavy atom. The van der Waals surface area contributed by atoms with Gasteiger partial charge in [-0.05, 0) is 29.0 Å². The van der Waals surface area contributed by atoms with E-state index >= 15 is 0 Å². The van der Waals surface area contributed by atoms with E-state index in [-0.39, 0.29) is 0 Å². The average molecular weight is 473 g/mol. The largest absolute Gasteiger partial charge is 0.287 e. The monoisotopic (exact) mass is 472 g/mol. The van der Waals surface area contributed by atoms with Crippen molar-refractivity contribution in [3.8, 4) is 0 Å². The summed E-state index contributed by atoms with van der Waals surface area (Å²) >= 11 is 3.51. The molecule has 4 heteroatoms. The summed E-state index contributed by atoms with van der Waals surface area (Å²) in [7, 11) is 0. The molecule has 0 bridgehead atoms. The lowest BCUT2D eigenvalue weighted by Crippen LogP contribution is -2.08. The van der Waals surface area contributed by atoms with Crippen LogP contribution in [0.25, 0.3) is 52.8 Å². The van der Waals surface area contributed by atoms with E-state index in [9.17, 15) is 0 Å². The SMILES string of the molecule is C=C1/C=C\C=C/C/N=C(/n2c3ccc4ccccc4c3c3ccc4c5ccccc5sc4c32)S1. The third kappa shape index (κ3) is 2.92. The number of allylic oxidation sites excluding steroid dienone is 3. The van der Waals surface area contributed by atoms with E-state index in [2.05, 4.69) is 96.1 Å². The molecule has 4 aromatic carbocycles. The van der Waals surface area contributed by atoms with E-state index in [1.165, 1.54) is 52.8 Å². The first-order valence-electron chi connectivity index (χ1n) is 11.3. The van der Waals surface area contributed by atoms with E-state index in [0.29, 0.717) is 6.54 Å². The molecule has 2 nitrogen and oxygen atoms in total. The van der Waals surface area contributed by atoms with E-state index in [0.717, 1.165) is 10.1 Å². The molecular weight excluding hydrogens is 452 g/mol. The van der Waals surface area contributed by atoms with Crippen LogP contribution >= 0.6 is 23.1 Å². The molecule has 1 aliphatic heterocycles. The maximum atomic E-state index is 5.04. The molecule has 0 saturated carbocycles. The quantitative estimate of drug-likeness (QED) is 0.216. The van der Waals surface area contributed by atoms with Gasteiger partial charge >= 0.3 is 0 Å². The van der Waals surface area contributed by atoms with Gasteiger partial charge in [-0.25, -0.2) is 0 Å². The standard InChI is InChI=1S/C30H20N2S2/c1-19-9-3-2-8-18-31-30(33-19)32-25-17-14-20-10-4-5-11-21(20)27(25)24-16-15-23-22-12-6-7-13-26(22)34-29(23)28(24)32/h2-17H,1,18H2/b8-2-,9-3-,31-30-. The van der Waals surface area contributed by atoms with Crippen LogP contribution in [-0.2, 0) is 0 Å². The number of hydrogen-bond acceptors (Lipinski definition) is 3. The molecule has 0 atom stereocenters. The molecule has 1 aliphatic rings. The molecule has 34 heavy (non-hydrogen) atoms. The lowest BCUT2D eigenvalue weighted by Gasteiger charge is -2.11. The first-order chi connectivity index (χ1) is 16.8. The van der Waals surface area contributed by atoms with Crippen LogP contribution in [0.1, 0.15) is 0 Å². The second-order valence-corrected chi connectivity index (χ2v) is 10.6. The van der Waals surface area contributed by atoms with E-state index in [1.807, 2.05) is 23.5 Å². The molecule has 0 unspecified atom stereocenters. The van der Waals surface area contributed by atoms with Gasteiger partial charge in [-0.3, -0.25) is 9.56 Å². The second kappa shape index (κ2) is 7.73. The predicted molar refractivity (Wildman–Crippen MR) is 153 cm³/mol. The normalized spacial score (nSPS) is 18.2. The van der Waals surface area contributed by atoms with Crippen LogP contribution in [0.2, 0.25) is 0 Å². The van der Waals surface area contributed by atoms with Crippen molar-refractivity contribution in [2.24, 2.45) is 4.99 Å². The summed E-state index contributed by atoms with van der Waals surface area (Å²) in [6.07, 6.45) is 8.23. The zero-order valence-electron chi connectivity index (χ0n) is 18.4. The minimum atomic E-state index is 0.636. The maximum Gasteiger partial charge on any atom is 0.173 e. The molecule has 0 aliphatic carbocycles. The highest BCUT2D eigenvalue weighted by molar-refractivity contribution is 8.17. The molecule has 2 aromatic heterocycles. The summed E-state index contributed by atoms with van der Waals surface area (Å²) in [6.45, 7) is 4.91. The van der Waals surface area contributed by atoms with Gasteiger partial charge < -0.3 is 0 Å². The molecule has 3 heterocycles. The molecular formula is C30H20N2S2.